The quantitative estimate of drug-likeness (QED) is 0.190. The number of hydrogen-bond donors (Lipinski definition) is 0. The lowest BCUT2D eigenvalue weighted by Gasteiger charge is -2.10. The van der Waals surface area contributed by atoms with Gasteiger partial charge in [-0.05, 0) is 70.4 Å². The summed E-state index contributed by atoms with van der Waals surface area (Å²) >= 11 is 1.78. The molecule has 0 spiro atoms. The Bertz CT molecular complexity index is 2500. The fourth-order valence-electron chi connectivity index (χ4n) is 5.75. The number of fused-ring (bicyclic) bond motifs is 5. The van der Waals surface area contributed by atoms with E-state index < -0.39 is 0 Å². The molecule has 8 aromatic rings. The Balaban J connectivity index is 1.19. The number of nitriles is 1. The minimum Gasteiger partial charge on any atom is -0.257 e. The summed E-state index contributed by atoms with van der Waals surface area (Å²) in [7, 11) is 0. The molecule has 0 aliphatic heterocycles. The minimum absolute atomic E-state index is 0.545. The van der Waals surface area contributed by atoms with Crippen LogP contribution >= 0.6 is 11.3 Å². The maximum absolute atomic E-state index is 9.23. The average molecular weight is 593 g/mol. The normalized spacial score (nSPS) is 11.1. The third-order valence-corrected chi connectivity index (χ3v) is 9.04. The highest BCUT2D eigenvalue weighted by Gasteiger charge is 2.15. The van der Waals surface area contributed by atoms with Crippen molar-refractivity contribution >= 4 is 48.0 Å². The topological polar surface area (TPSA) is 79.7 Å². The van der Waals surface area contributed by atoms with Crippen molar-refractivity contribution in [1.82, 2.24) is 19.9 Å². The van der Waals surface area contributed by atoms with Crippen LogP contribution in [-0.4, -0.2) is 19.9 Å². The number of hydrogen-bond acceptors (Lipinski definition) is 6. The van der Waals surface area contributed by atoms with Crippen molar-refractivity contribution in [3.63, 3.8) is 0 Å². The van der Waals surface area contributed by atoms with E-state index in [-0.39, 0.29) is 0 Å². The van der Waals surface area contributed by atoms with Crippen molar-refractivity contribution in [3.8, 4) is 51.1 Å². The highest BCUT2D eigenvalue weighted by molar-refractivity contribution is 7.26. The van der Waals surface area contributed by atoms with Gasteiger partial charge in [0.2, 0.25) is 0 Å². The first-order valence-electron chi connectivity index (χ1n) is 14.2. The zero-order chi connectivity index (χ0) is 30.3. The summed E-state index contributed by atoms with van der Waals surface area (Å²) in [5.41, 5.74) is 8.19. The van der Waals surface area contributed by atoms with E-state index in [1.165, 1.54) is 30.9 Å². The molecule has 5 aromatic heterocycles. The number of thiophene rings is 1. The van der Waals surface area contributed by atoms with Crippen molar-refractivity contribution in [3.05, 3.63) is 139 Å². The molecule has 5 heterocycles. The molecule has 208 valence electrons. The molecule has 0 atom stereocenters. The molecular formula is C38H20N6S. The molecule has 0 aliphatic rings. The summed E-state index contributed by atoms with van der Waals surface area (Å²) in [6.45, 7) is 7.30. The monoisotopic (exact) mass is 592 g/mol. The second-order valence-corrected chi connectivity index (χ2v) is 11.7. The summed E-state index contributed by atoms with van der Waals surface area (Å²) in [5.74, 6) is 0. The van der Waals surface area contributed by atoms with Crippen molar-refractivity contribution in [2.75, 3.05) is 0 Å². The largest absolute Gasteiger partial charge is 0.257 e. The fourth-order valence-corrected chi connectivity index (χ4v) is 6.95. The van der Waals surface area contributed by atoms with E-state index in [1.807, 2.05) is 24.5 Å². The van der Waals surface area contributed by atoms with Gasteiger partial charge in [-0.2, -0.15) is 5.26 Å². The van der Waals surface area contributed by atoms with Gasteiger partial charge in [0.05, 0.1) is 41.0 Å². The van der Waals surface area contributed by atoms with E-state index in [1.54, 1.807) is 48.0 Å². The van der Waals surface area contributed by atoms with Crippen LogP contribution in [-0.2, 0) is 0 Å². The molecule has 0 N–H and O–H groups in total. The van der Waals surface area contributed by atoms with E-state index in [0.717, 1.165) is 33.6 Å². The Morgan fingerprint density at radius 1 is 0.600 bits per heavy atom. The zero-order valence-corrected chi connectivity index (χ0v) is 24.5. The maximum atomic E-state index is 9.23. The van der Waals surface area contributed by atoms with Gasteiger partial charge >= 0.3 is 0 Å². The average Bonchev–Trinajstić information content (AvgIpc) is 3.49. The third-order valence-electron chi connectivity index (χ3n) is 7.94. The van der Waals surface area contributed by atoms with Crippen LogP contribution in [0.25, 0.3) is 80.8 Å². The smallest absolute Gasteiger partial charge is 0.190 e. The second kappa shape index (κ2) is 10.8. The third kappa shape index (κ3) is 4.65. The minimum atomic E-state index is 0.545. The van der Waals surface area contributed by atoms with Crippen molar-refractivity contribution in [1.29, 1.82) is 5.26 Å². The molecule has 0 aliphatic carbocycles. The van der Waals surface area contributed by atoms with Crippen LogP contribution in [0.2, 0.25) is 0 Å². The van der Waals surface area contributed by atoms with Crippen LogP contribution in [0.1, 0.15) is 5.56 Å². The van der Waals surface area contributed by atoms with Gasteiger partial charge in [0.1, 0.15) is 0 Å². The predicted molar refractivity (Wildman–Crippen MR) is 181 cm³/mol. The standard InChI is InChI=1S/C38H20N6S/c1-40-27-13-15-42-35(18-27)33-11-8-26(22-44-33)31-19-37-38(29-5-3-2-4-28(29)31)30-9-6-24(17-36(30)45-37)25-7-10-32(43-21-25)34-16-23(20-39)12-14-41-34/h2-19,21-22H. The zero-order valence-electron chi connectivity index (χ0n) is 23.6. The van der Waals surface area contributed by atoms with E-state index >= 15 is 0 Å². The van der Waals surface area contributed by atoms with Crippen LogP contribution in [0, 0.1) is 17.9 Å². The SMILES string of the molecule is [C-]#[N+]c1ccnc(-c2ccc(-c3cc4sc5cc(-c6ccc(-c7cc(C#N)ccn7)nc6)ccc5c4c4ccccc34)cn2)c1. The molecule has 0 fully saturated rings. The Kier molecular flexibility index (Phi) is 6.31. The van der Waals surface area contributed by atoms with Crippen molar-refractivity contribution < 1.29 is 0 Å². The molecule has 0 radical (unpaired) electrons. The Morgan fingerprint density at radius 2 is 1.31 bits per heavy atom. The highest BCUT2D eigenvalue weighted by atomic mass is 32.1. The van der Waals surface area contributed by atoms with Gasteiger partial charge < -0.3 is 0 Å². The van der Waals surface area contributed by atoms with E-state index in [9.17, 15) is 5.26 Å². The number of pyridine rings is 4. The van der Waals surface area contributed by atoms with Gasteiger partial charge in [-0.25, -0.2) is 4.85 Å². The lowest BCUT2D eigenvalue weighted by molar-refractivity contribution is 1.24. The predicted octanol–water partition coefficient (Wildman–Crippen LogP) is 9.88. The molecule has 45 heavy (non-hydrogen) atoms. The van der Waals surface area contributed by atoms with Crippen LogP contribution in [0.5, 0.6) is 0 Å². The van der Waals surface area contributed by atoms with Crippen LogP contribution < -0.4 is 0 Å². The van der Waals surface area contributed by atoms with Gasteiger partial charge in [-0.1, -0.05) is 48.5 Å². The summed E-state index contributed by atoms with van der Waals surface area (Å²) in [6, 6.07) is 34.5. The Morgan fingerprint density at radius 3 is 2.04 bits per heavy atom. The van der Waals surface area contributed by atoms with Crippen LogP contribution in [0.15, 0.2) is 122 Å². The van der Waals surface area contributed by atoms with E-state index in [4.69, 9.17) is 11.6 Å². The van der Waals surface area contributed by atoms with Crippen molar-refractivity contribution in [2.45, 2.75) is 0 Å². The lowest BCUT2D eigenvalue weighted by atomic mass is 9.95. The van der Waals surface area contributed by atoms with Crippen LogP contribution in [0.4, 0.5) is 5.69 Å². The first-order valence-corrected chi connectivity index (χ1v) is 15.0. The molecule has 7 heteroatoms. The summed E-state index contributed by atoms with van der Waals surface area (Å²) < 4.78 is 2.42. The molecule has 0 amide bonds. The summed E-state index contributed by atoms with van der Waals surface area (Å²) in [5, 5.41) is 14.1. The summed E-state index contributed by atoms with van der Waals surface area (Å²) in [6.07, 6.45) is 7.03. The molecule has 0 saturated heterocycles. The highest BCUT2D eigenvalue weighted by Crippen LogP contribution is 2.43. The number of aromatic nitrogens is 4. The molecule has 3 aromatic carbocycles. The first-order chi connectivity index (χ1) is 22.2. The van der Waals surface area contributed by atoms with Gasteiger partial charge in [0.15, 0.2) is 5.69 Å². The van der Waals surface area contributed by atoms with Gasteiger partial charge in [-0.15, -0.1) is 11.3 Å². The molecule has 0 saturated carbocycles. The molecule has 0 bridgehead atoms. The number of benzene rings is 3. The fraction of sp³-hybridized carbons (Fsp3) is 0. The molecule has 6 nitrogen and oxygen atoms in total. The van der Waals surface area contributed by atoms with Gasteiger partial charge in [0.25, 0.3) is 0 Å². The van der Waals surface area contributed by atoms with E-state index in [0.29, 0.717) is 22.6 Å². The van der Waals surface area contributed by atoms with Gasteiger partial charge in [-0.3, -0.25) is 19.9 Å². The Hall–Kier alpha value is -6.28. The molecular weight excluding hydrogens is 573 g/mol. The number of rotatable bonds is 4. The van der Waals surface area contributed by atoms with E-state index in [2.05, 4.69) is 86.5 Å². The Labute approximate surface area is 262 Å². The molecule has 0 unspecified atom stereocenters. The lowest BCUT2D eigenvalue weighted by Crippen LogP contribution is -1.89. The molecule has 8 rings (SSSR count). The maximum Gasteiger partial charge on any atom is 0.190 e. The summed E-state index contributed by atoms with van der Waals surface area (Å²) in [4.78, 5) is 21.7. The van der Waals surface area contributed by atoms with Gasteiger partial charge in [0, 0.05) is 56.1 Å². The van der Waals surface area contributed by atoms with Crippen LogP contribution in [0.3, 0.4) is 0 Å². The first kappa shape index (κ1) is 26.4. The number of nitrogens with zero attached hydrogens (tertiary/aromatic N) is 6. The second-order valence-electron chi connectivity index (χ2n) is 10.6. The van der Waals surface area contributed by atoms with Crippen molar-refractivity contribution in [2.24, 2.45) is 0 Å².